The second kappa shape index (κ2) is 6.79. The number of nitrogens with one attached hydrogen (secondary N) is 1. The van der Waals surface area contributed by atoms with Crippen LogP contribution in [0.2, 0.25) is 0 Å². The van der Waals surface area contributed by atoms with Crippen molar-refractivity contribution in [2.75, 3.05) is 5.32 Å². The van der Waals surface area contributed by atoms with Gasteiger partial charge in [-0.3, -0.25) is 20.2 Å². The Kier molecular flexibility index (Phi) is 4.53. The molecule has 1 heterocycles. The van der Waals surface area contributed by atoms with Crippen molar-refractivity contribution in [2.24, 2.45) is 7.05 Å². The summed E-state index contributed by atoms with van der Waals surface area (Å²) in [5.74, 6) is -0.0798. The summed E-state index contributed by atoms with van der Waals surface area (Å²) in [7, 11) is 1.81. The van der Waals surface area contributed by atoms with Crippen LogP contribution in [0, 0.1) is 24.0 Å². The van der Waals surface area contributed by atoms with Crippen LogP contribution in [-0.4, -0.2) is 20.4 Å². The fourth-order valence-electron chi connectivity index (χ4n) is 2.63. The third-order valence-corrected chi connectivity index (χ3v) is 4.34. The summed E-state index contributed by atoms with van der Waals surface area (Å²) in [6.07, 6.45) is 1.69. The molecule has 1 aromatic heterocycles. The molecule has 7 nitrogen and oxygen atoms in total. The van der Waals surface area contributed by atoms with Crippen LogP contribution in [0.15, 0.2) is 48.7 Å². The second-order valence-electron chi connectivity index (χ2n) is 6.09. The zero-order valence-corrected chi connectivity index (χ0v) is 14.7. The van der Waals surface area contributed by atoms with Gasteiger partial charge >= 0.3 is 0 Å². The van der Waals surface area contributed by atoms with Crippen molar-refractivity contribution in [1.82, 2.24) is 9.55 Å². The maximum absolute atomic E-state index is 12.4. The van der Waals surface area contributed by atoms with Crippen molar-refractivity contribution in [3.05, 3.63) is 75.5 Å². The highest BCUT2D eigenvalue weighted by atomic mass is 16.6. The Bertz CT molecular complexity index is 1010. The van der Waals surface area contributed by atoms with E-state index in [9.17, 15) is 14.9 Å². The molecule has 0 aliphatic heterocycles. The predicted molar refractivity (Wildman–Crippen MR) is 99.2 cm³/mol. The van der Waals surface area contributed by atoms with Gasteiger partial charge in [0, 0.05) is 30.3 Å². The second-order valence-corrected chi connectivity index (χ2v) is 6.09. The van der Waals surface area contributed by atoms with Gasteiger partial charge in [0.25, 0.3) is 11.6 Å². The molecule has 0 aliphatic carbocycles. The minimum absolute atomic E-state index is 0.131. The van der Waals surface area contributed by atoms with Gasteiger partial charge in [0.05, 0.1) is 16.8 Å². The maximum atomic E-state index is 12.4. The number of rotatable bonds is 4. The molecule has 0 radical (unpaired) electrons. The third-order valence-electron chi connectivity index (χ3n) is 4.34. The Morgan fingerprint density at radius 2 is 1.92 bits per heavy atom. The summed E-state index contributed by atoms with van der Waals surface area (Å²) in [6.45, 7) is 4.09. The van der Waals surface area contributed by atoms with Crippen LogP contribution in [-0.2, 0) is 7.05 Å². The first-order chi connectivity index (χ1) is 12.4. The van der Waals surface area contributed by atoms with Crippen LogP contribution in [0.25, 0.3) is 11.3 Å². The van der Waals surface area contributed by atoms with Gasteiger partial charge in [0.2, 0.25) is 5.95 Å². The van der Waals surface area contributed by atoms with Gasteiger partial charge in [0.15, 0.2) is 0 Å². The molecule has 0 fully saturated rings. The molecule has 3 rings (SSSR count). The van der Waals surface area contributed by atoms with Crippen molar-refractivity contribution < 1.29 is 9.72 Å². The standard InChI is InChI=1S/C19H18N4O3/c1-12-7-8-14(9-13(12)2)17-11-20-19(22(17)3)21-18(24)15-5-4-6-16(10-15)23(25)26/h4-11H,1-3H3,(H,20,21,24). The summed E-state index contributed by atoms with van der Waals surface area (Å²) in [4.78, 5) is 27.0. The molecule has 0 saturated carbocycles. The van der Waals surface area contributed by atoms with E-state index in [-0.39, 0.29) is 11.3 Å². The number of amides is 1. The van der Waals surface area contributed by atoms with E-state index in [1.807, 2.05) is 26.0 Å². The van der Waals surface area contributed by atoms with E-state index in [1.54, 1.807) is 17.8 Å². The van der Waals surface area contributed by atoms with E-state index in [4.69, 9.17) is 0 Å². The topological polar surface area (TPSA) is 90.1 Å². The number of aryl methyl sites for hydroxylation is 2. The number of benzene rings is 2. The maximum Gasteiger partial charge on any atom is 0.270 e. The SMILES string of the molecule is Cc1ccc(-c2cnc(NC(=O)c3cccc([N+](=O)[O-])c3)n2C)cc1C. The molecule has 132 valence electrons. The minimum atomic E-state index is -0.532. The van der Waals surface area contributed by atoms with E-state index in [0.717, 1.165) is 11.3 Å². The van der Waals surface area contributed by atoms with Crippen LogP contribution in [0.5, 0.6) is 0 Å². The summed E-state index contributed by atoms with van der Waals surface area (Å²) < 4.78 is 1.78. The number of aromatic nitrogens is 2. The van der Waals surface area contributed by atoms with Gasteiger partial charge in [-0.25, -0.2) is 4.98 Å². The largest absolute Gasteiger partial charge is 0.313 e. The van der Waals surface area contributed by atoms with Crippen LogP contribution < -0.4 is 5.32 Å². The number of nitrogens with zero attached hydrogens (tertiary/aromatic N) is 3. The number of non-ortho nitro benzene ring substituents is 1. The number of carbonyl (C=O) groups is 1. The smallest absolute Gasteiger partial charge is 0.270 e. The van der Waals surface area contributed by atoms with E-state index in [2.05, 4.69) is 16.4 Å². The molecule has 0 aliphatic rings. The van der Waals surface area contributed by atoms with E-state index >= 15 is 0 Å². The summed E-state index contributed by atoms with van der Waals surface area (Å²) in [5.41, 5.74) is 4.31. The lowest BCUT2D eigenvalue weighted by atomic mass is 10.0. The molecule has 7 heteroatoms. The van der Waals surface area contributed by atoms with Gasteiger partial charge < -0.3 is 4.57 Å². The predicted octanol–water partition coefficient (Wildman–Crippen LogP) is 3.86. The summed E-state index contributed by atoms with van der Waals surface area (Å²) >= 11 is 0. The molecule has 26 heavy (non-hydrogen) atoms. The monoisotopic (exact) mass is 350 g/mol. The molecule has 0 unspecified atom stereocenters. The van der Waals surface area contributed by atoms with Gasteiger partial charge in [0.1, 0.15) is 0 Å². The number of hydrogen-bond acceptors (Lipinski definition) is 4. The summed E-state index contributed by atoms with van der Waals surface area (Å²) in [5, 5.41) is 13.6. The normalized spacial score (nSPS) is 10.6. The van der Waals surface area contributed by atoms with Gasteiger partial charge in [-0.2, -0.15) is 0 Å². The molecule has 1 N–H and O–H groups in total. The van der Waals surface area contributed by atoms with Gasteiger partial charge in [-0.05, 0) is 37.1 Å². The number of hydrogen-bond donors (Lipinski definition) is 1. The third kappa shape index (κ3) is 3.32. The number of imidazole rings is 1. The van der Waals surface area contributed by atoms with E-state index in [0.29, 0.717) is 5.95 Å². The average molecular weight is 350 g/mol. The number of nitro benzene ring substituents is 1. The molecule has 0 atom stereocenters. The molecule has 2 aromatic carbocycles. The Morgan fingerprint density at radius 1 is 1.15 bits per heavy atom. The highest BCUT2D eigenvalue weighted by Gasteiger charge is 2.15. The van der Waals surface area contributed by atoms with Gasteiger partial charge in [-0.15, -0.1) is 0 Å². The number of nitro groups is 1. The molecule has 0 bridgehead atoms. The Hall–Kier alpha value is -3.48. The lowest BCUT2D eigenvalue weighted by Gasteiger charge is -2.09. The van der Waals surface area contributed by atoms with Crippen LogP contribution in [0.4, 0.5) is 11.6 Å². The first-order valence-electron chi connectivity index (χ1n) is 8.02. The average Bonchev–Trinajstić information content (AvgIpc) is 2.98. The highest BCUT2D eigenvalue weighted by Crippen LogP contribution is 2.24. The molecule has 0 saturated heterocycles. The fraction of sp³-hybridized carbons (Fsp3) is 0.158. The van der Waals surface area contributed by atoms with Crippen molar-refractivity contribution in [1.29, 1.82) is 0 Å². The first-order valence-corrected chi connectivity index (χ1v) is 8.02. The number of anilines is 1. The van der Waals surface area contributed by atoms with Crippen molar-refractivity contribution in [3.8, 4) is 11.3 Å². The van der Waals surface area contributed by atoms with E-state index < -0.39 is 10.8 Å². The number of carbonyl (C=O) groups excluding carboxylic acids is 1. The molecule has 3 aromatic rings. The minimum Gasteiger partial charge on any atom is -0.313 e. The molecular formula is C19H18N4O3. The van der Waals surface area contributed by atoms with Crippen LogP contribution in [0.1, 0.15) is 21.5 Å². The first kappa shape index (κ1) is 17.3. The molecular weight excluding hydrogens is 332 g/mol. The highest BCUT2D eigenvalue weighted by molar-refractivity contribution is 6.03. The lowest BCUT2D eigenvalue weighted by molar-refractivity contribution is -0.384. The van der Waals surface area contributed by atoms with Crippen molar-refractivity contribution in [3.63, 3.8) is 0 Å². The zero-order valence-electron chi connectivity index (χ0n) is 14.7. The Morgan fingerprint density at radius 3 is 2.62 bits per heavy atom. The van der Waals surface area contributed by atoms with Crippen molar-refractivity contribution in [2.45, 2.75) is 13.8 Å². The summed E-state index contributed by atoms with van der Waals surface area (Å²) in [6, 6.07) is 11.7. The van der Waals surface area contributed by atoms with Crippen LogP contribution in [0.3, 0.4) is 0 Å². The Labute approximate surface area is 150 Å². The lowest BCUT2D eigenvalue weighted by Crippen LogP contribution is -2.15. The van der Waals surface area contributed by atoms with Gasteiger partial charge in [-0.1, -0.05) is 18.2 Å². The Balaban J connectivity index is 1.86. The van der Waals surface area contributed by atoms with E-state index in [1.165, 1.54) is 35.4 Å². The van der Waals surface area contributed by atoms with Crippen molar-refractivity contribution >= 4 is 17.5 Å². The molecule has 1 amide bonds. The fourth-order valence-corrected chi connectivity index (χ4v) is 2.63. The zero-order chi connectivity index (χ0) is 18.8. The van der Waals surface area contributed by atoms with Crippen LogP contribution >= 0.6 is 0 Å². The quantitative estimate of drug-likeness (QED) is 0.571. The molecule has 0 spiro atoms.